The van der Waals surface area contributed by atoms with E-state index in [0.717, 1.165) is 36.8 Å². The molecular formula is C33H35NO3. The smallest absolute Gasteiger partial charge is 0.256 e. The average Bonchev–Trinajstić information content (AvgIpc) is 3.78. The van der Waals surface area contributed by atoms with Crippen molar-refractivity contribution in [2.24, 2.45) is 0 Å². The molecule has 4 nitrogen and oxygen atoms in total. The van der Waals surface area contributed by atoms with Crippen molar-refractivity contribution in [1.29, 1.82) is 0 Å². The van der Waals surface area contributed by atoms with E-state index in [1.807, 2.05) is 60.7 Å². The van der Waals surface area contributed by atoms with Crippen LogP contribution in [0, 0.1) is 0 Å². The number of para-hydroxylation sites is 1. The van der Waals surface area contributed by atoms with Gasteiger partial charge in [0.15, 0.2) is 6.23 Å². The van der Waals surface area contributed by atoms with E-state index in [4.69, 9.17) is 4.74 Å². The maximum Gasteiger partial charge on any atom is 0.256 e. The second-order valence-corrected chi connectivity index (χ2v) is 9.87. The standard InChI is InChI=1S/C33H35NO3/c1-2-3-4-9-23-37-31-16-8-7-14-30(31)33(36)34(27-21-22-27)32(35)26-19-17-25(18-20-26)29-15-10-12-24-11-5-6-13-28(24)29/h5-8,10-20,27,33,36H,2-4,9,21-23H2,1H3. The Morgan fingerprint density at radius 1 is 0.892 bits per heavy atom. The van der Waals surface area contributed by atoms with E-state index in [-0.39, 0.29) is 11.9 Å². The van der Waals surface area contributed by atoms with Crippen molar-refractivity contribution in [3.63, 3.8) is 0 Å². The number of rotatable bonds is 11. The van der Waals surface area contributed by atoms with Crippen LogP contribution in [0.5, 0.6) is 5.75 Å². The van der Waals surface area contributed by atoms with Gasteiger partial charge in [-0.05, 0) is 59.4 Å². The number of aliphatic hydroxyl groups is 1. The van der Waals surface area contributed by atoms with Crippen LogP contribution in [0.4, 0.5) is 0 Å². The zero-order chi connectivity index (χ0) is 25.6. The van der Waals surface area contributed by atoms with Gasteiger partial charge in [-0.2, -0.15) is 0 Å². The maximum absolute atomic E-state index is 13.7. The summed E-state index contributed by atoms with van der Waals surface area (Å²) in [5.41, 5.74) is 3.42. The normalized spacial score (nSPS) is 13.9. The Hall–Kier alpha value is -3.63. The highest BCUT2D eigenvalue weighted by Crippen LogP contribution is 2.38. The van der Waals surface area contributed by atoms with Crippen LogP contribution in [0.2, 0.25) is 0 Å². The molecule has 1 aliphatic carbocycles. The fourth-order valence-corrected chi connectivity index (χ4v) is 4.93. The van der Waals surface area contributed by atoms with Crippen molar-refractivity contribution in [3.05, 3.63) is 102 Å². The lowest BCUT2D eigenvalue weighted by atomic mass is 9.97. The van der Waals surface area contributed by atoms with Crippen LogP contribution >= 0.6 is 0 Å². The lowest BCUT2D eigenvalue weighted by Gasteiger charge is -2.29. The molecule has 0 bridgehead atoms. The van der Waals surface area contributed by atoms with E-state index in [9.17, 15) is 9.90 Å². The quantitative estimate of drug-likeness (QED) is 0.172. The van der Waals surface area contributed by atoms with E-state index in [0.29, 0.717) is 23.5 Å². The summed E-state index contributed by atoms with van der Waals surface area (Å²) in [7, 11) is 0. The van der Waals surface area contributed by atoms with Crippen molar-refractivity contribution in [2.45, 2.75) is 57.7 Å². The van der Waals surface area contributed by atoms with Gasteiger partial charge in [-0.3, -0.25) is 4.79 Å². The molecule has 1 N–H and O–H groups in total. The van der Waals surface area contributed by atoms with E-state index in [2.05, 4.69) is 37.3 Å². The number of ether oxygens (including phenoxy) is 1. The lowest BCUT2D eigenvalue weighted by Crippen LogP contribution is -2.37. The number of fused-ring (bicyclic) bond motifs is 1. The summed E-state index contributed by atoms with van der Waals surface area (Å²) in [6.07, 6.45) is 5.22. The van der Waals surface area contributed by atoms with E-state index in [1.165, 1.54) is 23.6 Å². The zero-order valence-electron chi connectivity index (χ0n) is 21.5. The predicted octanol–water partition coefficient (Wildman–Crippen LogP) is 7.76. The predicted molar refractivity (Wildman–Crippen MR) is 150 cm³/mol. The number of nitrogens with zero attached hydrogens (tertiary/aromatic N) is 1. The molecule has 1 unspecified atom stereocenters. The third kappa shape index (κ3) is 5.70. The van der Waals surface area contributed by atoms with Gasteiger partial charge in [0.05, 0.1) is 6.61 Å². The third-order valence-corrected chi connectivity index (χ3v) is 7.12. The molecule has 4 aromatic carbocycles. The first kappa shape index (κ1) is 25.0. The molecule has 190 valence electrons. The maximum atomic E-state index is 13.7. The largest absolute Gasteiger partial charge is 0.493 e. The third-order valence-electron chi connectivity index (χ3n) is 7.12. The van der Waals surface area contributed by atoms with Crippen LogP contribution in [0.25, 0.3) is 21.9 Å². The van der Waals surface area contributed by atoms with E-state index >= 15 is 0 Å². The first-order valence-electron chi connectivity index (χ1n) is 13.5. The molecule has 0 aliphatic heterocycles. The molecule has 1 saturated carbocycles. The topological polar surface area (TPSA) is 49.8 Å². The van der Waals surface area contributed by atoms with E-state index < -0.39 is 6.23 Å². The van der Waals surface area contributed by atoms with Crippen molar-refractivity contribution < 1.29 is 14.6 Å². The second-order valence-electron chi connectivity index (χ2n) is 9.87. The van der Waals surface area contributed by atoms with Crippen LogP contribution in [0.3, 0.4) is 0 Å². The monoisotopic (exact) mass is 493 g/mol. The molecule has 4 aromatic rings. The molecule has 1 amide bonds. The minimum atomic E-state index is -1.05. The van der Waals surface area contributed by atoms with Gasteiger partial charge in [0.25, 0.3) is 5.91 Å². The van der Waals surface area contributed by atoms with Crippen molar-refractivity contribution in [1.82, 2.24) is 4.90 Å². The molecule has 1 aliphatic rings. The van der Waals surface area contributed by atoms with Crippen molar-refractivity contribution in [2.75, 3.05) is 6.61 Å². The highest BCUT2D eigenvalue weighted by Gasteiger charge is 2.38. The van der Waals surface area contributed by atoms with Gasteiger partial charge in [0, 0.05) is 17.2 Å². The number of benzene rings is 4. The molecule has 0 aromatic heterocycles. The Balaban J connectivity index is 1.36. The Bertz CT molecular complexity index is 1340. The van der Waals surface area contributed by atoms with Gasteiger partial charge in [0.1, 0.15) is 5.75 Å². The number of hydrogen-bond donors (Lipinski definition) is 1. The molecule has 0 spiro atoms. The molecule has 1 atom stereocenters. The molecular weight excluding hydrogens is 458 g/mol. The summed E-state index contributed by atoms with van der Waals surface area (Å²) in [4.78, 5) is 15.3. The summed E-state index contributed by atoms with van der Waals surface area (Å²) in [6, 6.07) is 29.9. The van der Waals surface area contributed by atoms with Crippen LogP contribution in [-0.4, -0.2) is 28.6 Å². The molecule has 0 radical (unpaired) electrons. The van der Waals surface area contributed by atoms with Gasteiger partial charge in [0.2, 0.25) is 0 Å². The van der Waals surface area contributed by atoms with E-state index in [1.54, 1.807) is 4.90 Å². The summed E-state index contributed by atoms with van der Waals surface area (Å²) >= 11 is 0. The lowest BCUT2D eigenvalue weighted by molar-refractivity contribution is 0.000930. The van der Waals surface area contributed by atoms with Crippen molar-refractivity contribution >= 4 is 16.7 Å². The zero-order valence-corrected chi connectivity index (χ0v) is 21.5. The first-order valence-corrected chi connectivity index (χ1v) is 13.5. The van der Waals surface area contributed by atoms with Gasteiger partial charge in [-0.15, -0.1) is 0 Å². The SMILES string of the molecule is CCCCCCOc1ccccc1C(O)N(C(=O)c1ccc(-c2cccc3ccccc23)cc1)C1CC1. The molecule has 0 saturated heterocycles. The molecule has 0 heterocycles. The fraction of sp³-hybridized carbons (Fsp3) is 0.303. The second kappa shape index (κ2) is 11.6. The van der Waals surface area contributed by atoms with Gasteiger partial charge in [-0.1, -0.05) is 99.0 Å². The number of carbonyl (C=O) groups is 1. The van der Waals surface area contributed by atoms with Crippen LogP contribution in [-0.2, 0) is 0 Å². The minimum Gasteiger partial charge on any atom is -0.493 e. The molecule has 37 heavy (non-hydrogen) atoms. The van der Waals surface area contributed by atoms with Crippen molar-refractivity contribution in [3.8, 4) is 16.9 Å². The highest BCUT2D eigenvalue weighted by molar-refractivity contribution is 5.98. The molecule has 4 heteroatoms. The number of amides is 1. The van der Waals surface area contributed by atoms with Gasteiger partial charge in [-0.25, -0.2) is 0 Å². The summed E-state index contributed by atoms with van der Waals surface area (Å²) in [5, 5.41) is 13.8. The number of unbranched alkanes of at least 4 members (excludes halogenated alkanes) is 3. The highest BCUT2D eigenvalue weighted by atomic mass is 16.5. The Kier molecular flexibility index (Phi) is 7.86. The Labute approximate surface area is 219 Å². The van der Waals surface area contributed by atoms with Crippen LogP contribution in [0.15, 0.2) is 91.0 Å². The molecule has 1 fully saturated rings. The molecule has 5 rings (SSSR count). The minimum absolute atomic E-state index is 0.0397. The number of aliphatic hydroxyl groups excluding tert-OH is 1. The Morgan fingerprint density at radius 3 is 2.41 bits per heavy atom. The number of carbonyl (C=O) groups excluding carboxylic acids is 1. The average molecular weight is 494 g/mol. The van der Waals surface area contributed by atoms with Crippen LogP contribution < -0.4 is 4.74 Å². The number of hydrogen-bond acceptors (Lipinski definition) is 3. The van der Waals surface area contributed by atoms with Gasteiger partial charge < -0.3 is 14.7 Å². The summed E-state index contributed by atoms with van der Waals surface area (Å²) in [6.45, 7) is 2.80. The first-order chi connectivity index (χ1) is 18.2. The Morgan fingerprint density at radius 2 is 1.62 bits per heavy atom. The fourth-order valence-electron chi connectivity index (χ4n) is 4.93. The summed E-state index contributed by atoms with van der Waals surface area (Å²) < 4.78 is 6.04. The van der Waals surface area contributed by atoms with Crippen LogP contribution in [0.1, 0.15) is 67.6 Å². The van der Waals surface area contributed by atoms with Gasteiger partial charge >= 0.3 is 0 Å². The summed E-state index contributed by atoms with van der Waals surface area (Å²) in [5.74, 6) is 0.494.